The maximum atomic E-state index is 11.7. The molecule has 1 amide bonds. The Morgan fingerprint density at radius 1 is 1.25 bits per heavy atom. The lowest BCUT2D eigenvalue weighted by Crippen LogP contribution is -2.35. The van der Waals surface area contributed by atoms with E-state index in [-0.39, 0.29) is 0 Å². The van der Waals surface area contributed by atoms with Crippen LogP contribution in [-0.2, 0) is 9.59 Å². The number of anilines is 1. The highest BCUT2D eigenvalue weighted by molar-refractivity contribution is 6.18. The maximum Gasteiger partial charge on any atom is 0.321 e. The van der Waals surface area contributed by atoms with E-state index in [1.54, 1.807) is 12.1 Å². The largest absolute Gasteiger partial charge is 0.496 e. The second-order valence-electron chi connectivity index (χ2n) is 5.57. The first-order valence-electron chi connectivity index (χ1n) is 8.31. The Hall–Kier alpha value is -2.23. The predicted molar refractivity (Wildman–Crippen MR) is 109 cm³/mol. The molecule has 0 spiro atoms. The summed E-state index contributed by atoms with van der Waals surface area (Å²) in [6.45, 7) is 1.14. The number of amides is 1. The molecule has 0 radical (unpaired) electrons. The number of carbonyl (C=O) groups is 2. The van der Waals surface area contributed by atoms with Crippen molar-refractivity contribution in [3.63, 3.8) is 0 Å². The molecular weight excluding hydrogens is 411 g/mol. The summed E-state index contributed by atoms with van der Waals surface area (Å²) in [4.78, 5) is 24.3. The minimum atomic E-state index is -1.29. The number of nitrogens with two attached hydrogens (primary N) is 1. The van der Waals surface area contributed by atoms with E-state index in [0.717, 1.165) is 5.69 Å². The van der Waals surface area contributed by atoms with Gasteiger partial charge in [-0.1, -0.05) is 0 Å². The number of hydrogen-bond donors (Lipinski definition) is 3. The van der Waals surface area contributed by atoms with E-state index in [0.29, 0.717) is 41.9 Å². The van der Waals surface area contributed by atoms with Gasteiger partial charge in [0.1, 0.15) is 17.5 Å². The molecule has 0 saturated heterocycles. The number of halogens is 2. The molecule has 1 rings (SSSR count). The zero-order valence-corrected chi connectivity index (χ0v) is 17.2. The molecule has 0 aliphatic heterocycles. The Morgan fingerprint density at radius 3 is 2.36 bits per heavy atom. The van der Waals surface area contributed by atoms with Crippen molar-refractivity contribution in [3.05, 3.63) is 17.7 Å². The van der Waals surface area contributed by atoms with Crippen molar-refractivity contribution in [2.75, 3.05) is 44.0 Å². The molecule has 0 heterocycles. The number of rotatable bonds is 12. The third-order valence-corrected chi connectivity index (χ3v) is 4.03. The van der Waals surface area contributed by atoms with Crippen LogP contribution in [0.25, 0.3) is 0 Å². The molecule has 0 fully saturated rings. The fourth-order valence-electron chi connectivity index (χ4n) is 2.32. The summed E-state index contributed by atoms with van der Waals surface area (Å²) in [7, 11) is 3.03. The molecule has 11 heteroatoms. The Morgan fingerprint density at radius 2 is 1.86 bits per heavy atom. The second kappa shape index (κ2) is 12.3. The molecule has 1 atom stereocenters. The van der Waals surface area contributed by atoms with E-state index in [2.05, 4.69) is 10.5 Å². The van der Waals surface area contributed by atoms with Crippen molar-refractivity contribution in [3.8, 4) is 11.5 Å². The minimum Gasteiger partial charge on any atom is -0.496 e. The summed E-state index contributed by atoms with van der Waals surface area (Å²) < 4.78 is 10.8. The van der Waals surface area contributed by atoms with Crippen LogP contribution in [0.3, 0.4) is 0 Å². The number of methoxy groups -OCH3 is 2. The number of hydrogen-bond acceptors (Lipinski definition) is 7. The monoisotopic (exact) mass is 434 g/mol. The van der Waals surface area contributed by atoms with Gasteiger partial charge in [-0.05, 0) is 6.07 Å². The average Bonchev–Trinajstić information content (AvgIpc) is 2.67. The fourth-order valence-corrected chi connectivity index (χ4v) is 2.72. The average molecular weight is 435 g/mol. The minimum absolute atomic E-state index is 0.391. The SMILES string of the molecule is COc1cc(N(CCCl)CCCl)c(OC)cc1/C=N/NC(=O)C[C@@H](N)C(=O)O. The summed E-state index contributed by atoms with van der Waals surface area (Å²) in [5.74, 6) is -0.0165. The van der Waals surface area contributed by atoms with Crippen molar-refractivity contribution < 1.29 is 24.2 Å². The fraction of sp³-hybridized carbons (Fsp3) is 0.471. The Bertz CT molecular complexity index is 696. The molecule has 0 aromatic heterocycles. The molecule has 0 aliphatic rings. The Balaban J connectivity index is 3.03. The van der Waals surface area contributed by atoms with Gasteiger partial charge in [-0.25, -0.2) is 5.43 Å². The Kier molecular flexibility index (Phi) is 10.4. The van der Waals surface area contributed by atoms with Crippen LogP contribution in [0.4, 0.5) is 5.69 Å². The van der Waals surface area contributed by atoms with E-state index in [9.17, 15) is 9.59 Å². The smallest absolute Gasteiger partial charge is 0.321 e. The Labute approximate surface area is 173 Å². The molecule has 4 N–H and O–H groups in total. The lowest BCUT2D eigenvalue weighted by molar-refractivity contribution is -0.140. The lowest BCUT2D eigenvalue weighted by atomic mass is 10.1. The van der Waals surface area contributed by atoms with Crippen LogP contribution in [0.5, 0.6) is 11.5 Å². The number of alkyl halides is 2. The van der Waals surface area contributed by atoms with Gasteiger partial charge in [-0.15, -0.1) is 23.2 Å². The highest BCUT2D eigenvalue weighted by atomic mass is 35.5. The van der Waals surface area contributed by atoms with Crippen LogP contribution >= 0.6 is 23.2 Å². The van der Waals surface area contributed by atoms with Gasteiger partial charge in [-0.2, -0.15) is 5.10 Å². The van der Waals surface area contributed by atoms with Crippen LogP contribution in [0.2, 0.25) is 0 Å². The van der Waals surface area contributed by atoms with Crippen molar-refractivity contribution in [2.24, 2.45) is 10.8 Å². The topological polar surface area (TPSA) is 126 Å². The summed E-state index contributed by atoms with van der Waals surface area (Å²) >= 11 is 11.7. The predicted octanol–water partition coefficient (Wildman–Crippen LogP) is 1.24. The normalized spacial score (nSPS) is 11.9. The zero-order valence-electron chi connectivity index (χ0n) is 15.7. The first-order valence-corrected chi connectivity index (χ1v) is 9.38. The second-order valence-corrected chi connectivity index (χ2v) is 6.33. The van der Waals surface area contributed by atoms with E-state index in [1.165, 1.54) is 20.4 Å². The van der Waals surface area contributed by atoms with Gasteiger partial charge in [0.15, 0.2) is 0 Å². The lowest BCUT2D eigenvalue weighted by Gasteiger charge is -2.26. The number of nitrogens with one attached hydrogen (secondary N) is 1. The number of hydrazone groups is 1. The quantitative estimate of drug-likeness (QED) is 0.256. The van der Waals surface area contributed by atoms with Gasteiger partial charge in [0.2, 0.25) is 5.91 Å². The first kappa shape index (κ1) is 23.8. The van der Waals surface area contributed by atoms with Gasteiger partial charge in [-0.3, -0.25) is 9.59 Å². The zero-order chi connectivity index (χ0) is 21.1. The summed E-state index contributed by atoms with van der Waals surface area (Å²) in [6, 6.07) is 2.17. The molecule has 1 aromatic carbocycles. The van der Waals surface area contributed by atoms with Crippen LogP contribution in [0, 0.1) is 0 Å². The van der Waals surface area contributed by atoms with E-state index in [1.807, 2.05) is 4.90 Å². The highest BCUT2D eigenvalue weighted by Gasteiger charge is 2.17. The molecule has 0 unspecified atom stereocenters. The van der Waals surface area contributed by atoms with Crippen molar-refractivity contribution >= 4 is 47.0 Å². The van der Waals surface area contributed by atoms with Crippen molar-refractivity contribution in [1.82, 2.24) is 5.43 Å². The van der Waals surface area contributed by atoms with Crippen molar-refractivity contribution in [1.29, 1.82) is 0 Å². The van der Waals surface area contributed by atoms with Gasteiger partial charge >= 0.3 is 5.97 Å². The number of nitrogens with zero attached hydrogens (tertiary/aromatic N) is 2. The molecule has 9 nitrogen and oxygen atoms in total. The van der Waals surface area contributed by atoms with Gasteiger partial charge in [0, 0.05) is 36.5 Å². The molecule has 0 bridgehead atoms. The van der Waals surface area contributed by atoms with Crippen LogP contribution in [0.1, 0.15) is 12.0 Å². The molecule has 28 heavy (non-hydrogen) atoms. The summed E-state index contributed by atoms with van der Waals surface area (Å²) in [5, 5.41) is 12.5. The highest BCUT2D eigenvalue weighted by Crippen LogP contribution is 2.35. The van der Waals surface area contributed by atoms with Crippen LogP contribution in [0.15, 0.2) is 17.2 Å². The van der Waals surface area contributed by atoms with Gasteiger partial charge < -0.3 is 25.2 Å². The van der Waals surface area contributed by atoms with Crippen molar-refractivity contribution in [2.45, 2.75) is 12.5 Å². The third-order valence-electron chi connectivity index (χ3n) is 3.70. The number of ether oxygens (including phenoxy) is 2. The first-order chi connectivity index (χ1) is 13.4. The van der Waals surface area contributed by atoms with Crippen LogP contribution in [-0.4, -0.2) is 68.3 Å². The van der Waals surface area contributed by atoms with Gasteiger partial charge in [0.05, 0.1) is 32.5 Å². The standard InChI is InChI=1S/C17H24Cl2N4O5/c1-27-14-9-13(23(5-3-18)6-4-19)15(28-2)7-11(14)10-21-22-16(24)8-12(20)17(25)26/h7,9-10,12H,3-6,8,20H2,1-2H3,(H,22,24)(H,25,26)/b21-10+/t12-/m1/s1. The third kappa shape index (κ3) is 7.06. The summed E-state index contributed by atoms with van der Waals surface area (Å²) in [5.41, 5.74) is 8.84. The molecule has 1 aromatic rings. The molecule has 156 valence electrons. The number of carboxylic acids is 1. The molecule has 0 saturated carbocycles. The van der Waals surface area contributed by atoms with E-state index < -0.39 is 24.3 Å². The van der Waals surface area contributed by atoms with Gasteiger partial charge in [0.25, 0.3) is 0 Å². The molecular formula is C17H24Cl2N4O5. The maximum absolute atomic E-state index is 11.7. The van der Waals surface area contributed by atoms with E-state index >= 15 is 0 Å². The number of aliphatic carboxylic acids is 1. The number of benzene rings is 1. The van der Waals surface area contributed by atoms with Crippen LogP contribution < -0.4 is 25.5 Å². The molecule has 0 aliphatic carbocycles. The van der Waals surface area contributed by atoms with E-state index in [4.69, 9.17) is 43.5 Å². The number of carboxylic acid groups (broad SMARTS) is 1. The number of carbonyl (C=O) groups excluding carboxylic acids is 1. The summed E-state index contributed by atoms with van der Waals surface area (Å²) in [6.07, 6.45) is 0.973.